The molecule has 2 bridgehead atoms. The molecule has 2 atom stereocenters. The summed E-state index contributed by atoms with van der Waals surface area (Å²) in [5.41, 5.74) is 3.67. The van der Waals surface area contributed by atoms with Crippen LogP contribution in [0.2, 0.25) is 0 Å². The standard InChI is InChI=1S/C19H22N2O2/c1-10-8-12-13(9-11(10)2)21-15-14(20-12)18(5)6-7-19(15,16(22)23)17(18,3)4/h8-9H,6-7H2,1-5H3,(H,22,23)/p-1/t18-,19+/m0/s1. The van der Waals surface area contributed by atoms with Gasteiger partial charge in [-0.05, 0) is 55.4 Å². The topological polar surface area (TPSA) is 65.9 Å². The number of rotatable bonds is 1. The van der Waals surface area contributed by atoms with Crippen LogP contribution in [0.3, 0.4) is 0 Å². The number of nitrogens with zero attached hydrogens (tertiary/aromatic N) is 2. The molecule has 4 heteroatoms. The van der Waals surface area contributed by atoms with Gasteiger partial charge in [0.15, 0.2) is 0 Å². The number of carbonyl (C=O) groups excluding carboxylic acids is 1. The molecule has 0 aliphatic heterocycles. The summed E-state index contributed by atoms with van der Waals surface area (Å²) < 4.78 is 0. The molecule has 0 unspecified atom stereocenters. The number of aryl methyl sites for hydroxylation is 2. The molecular weight excluding hydrogens is 288 g/mol. The Morgan fingerprint density at radius 3 is 2.04 bits per heavy atom. The van der Waals surface area contributed by atoms with Gasteiger partial charge in [-0.3, -0.25) is 0 Å². The number of carboxylic acids is 1. The maximum atomic E-state index is 12.2. The SMILES string of the molecule is Cc1cc2nc3c(nc2cc1C)[C@@]1(C(=O)[O-])CC[C@]3(C)C1(C)C. The average Bonchev–Trinajstić information content (AvgIpc) is 2.75. The van der Waals surface area contributed by atoms with Crippen LogP contribution in [0, 0.1) is 19.3 Å². The van der Waals surface area contributed by atoms with Gasteiger partial charge in [0, 0.05) is 5.41 Å². The van der Waals surface area contributed by atoms with Crippen molar-refractivity contribution in [2.75, 3.05) is 0 Å². The van der Waals surface area contributed by atoms with E-state index < -0.39 is 16.8 Å². The Labute approximate surface area is 136 Å². The lowest BCUT2D eigenvalue weighted by atomic mass is 9.64. The van der Waals surface area contributed by atoms with E-state index in [-0.39, 0.29) is 5.41 Å². The van der Waals surface area contributed by atoms with Crippen LogP contribution < -0.4 is 5.11 Å². The van der Waals surface area contributed by atoms with Crippen LogP contribution >= 0.6 is 0 Å². The largest absolute Gasteiger partial charge is 0.549 e. The minimum atomic E-state index is -1.03. The highest BCUT2D eigenvalue weighted by Crippen LogP contribution is 2.69. The summed E-state index contributed by atoms with van der Waals surface area (Å²) in [5, 5.41) is 12.2. The molecule has 4 rings (SSSR count). The van der Waals surface area contributed by atoms with Crippen molar-refractivity contribution < 1.29 is 9.90 Å². The van der Waals surface area contributed by atoms with Crippen LogP contribution in [0.15, 0.2) is 12.1 Å². The quantitative estimate of drug-likeness (QED) is 0.811. The zero-order valence-electron chi connectivity index (χ0n) is 14.3. The highest BCUT2D eigenvalue weighted by molar-refractivity contribution is 5.86. The molecule has 1 fully saturated rings. The number of benzene rings is 1. The van der Waals surface area contributed by atoms with Crippen LogP contribution in [-0.4, -0.2) is 15.9 Å². The molecule has 0 amide bonds. The molecule has 2 aliphatic carbocycles. The summed E-state index contributed by atoms with van der Waals surface area (Å²) in [6.07, 6.45) is 1.39. The minimum Gasteiger partial charge on any atom is -0.549 e. The lowest BCUT2D eigenvalue weighted by Crippen LogP contribution is -2.52. The fourth-order valence-corrected chi connectivity index (χ4v) is 4.81. The fraction of sp³-hybridized carbons (Fsp3) is 0.526. The number of aromatic nitrogens is 2. The monoisotopic (exact) mass is 309 g/mol. The Balaban J connectivity index is 2.13. The van der Waals surface area contributed by atoms with E-state index in [2.05, 4.69) is 13.8 Å². The first kappa shape index (κ1) is 14.6. The number of fused-ring (bicyclic) bond motifs is 6. The van der Waals surface area contributed by atoms with Crippen molar-refractivity contribution in [3.8, 4) is 0 Å². The van der Waals surface area contributed by atoms with Crippen molar-refractivity contribution in [3.63, 3.8) is 0 Å². The van der Waals surface area contributed by atoms with E-state index in [4.69, 9.17) is 9.97 Å². The maximum Gasteiger partial charge on any atom is 0.0893 e. The molecule has 23 heavy (non-hydrogen) atoms. The fourth-order valence-electron chi connectivity index (χ4n) is 4.81. The normalized spacial score (nSPS) is 30.7. The predicted octanol–water partition coefficient (Wildman–Crippen LogP) is 2.33. The summed E-state index contributed by atoms with van der Waals surface area (Å²) in [7, 11) is 0. The summed E-state index contributed by atoms with van der Waals surface area (Å²) in [6.45, 7) is 10.3. The first-order valence-corrected chi connectivity index (χ1v) is 8.16. The van der Waals surface area contributed by atoms with E-state index in [0.717, 1.165) is 28.7 Å². The number of hydrogen-bond acceptors (Lipinski definition) is 4. The molecule has 0 saturated heterocycles. The van der Waals surface area contributed by atoms with E-state index in [9.17, 15) is 9.90 Å². The first-order valence-electron chi connectivity index (χ1n) is 8.16. The summed E-state index contributed by atoms with van der Waals surface area (Å²) in [6, 6.07) is 4.05. The third kappa shape index (κ3) is 1.37. The zero-order valence-corrected chi connectivity index (χ0v) is 14.3. The van der Waals surface area contributed by atoms with Gasteiger partial charge in [0.1, 0.15) is 0 Å². The Kier molecular flexibility index (Phi) is 2.49. The molecule has 0 radical (unpaired) electrons. The van der Waals surface area contributed by atoms with E-state index in [0.29, 0.717) is 12.1 Å². The van der Waals surface area contributed by atoms with Crippen LogP contribution in [0.4, 0.5) is 0 Å². The average molecular weight is 309 g/mol. The van der Waals surface area contributed by atoms with Gasteiger partial charge in [-0.2, -0.15) is 0 Å². The molecule has 4 nitrogen and oxygen atoms in total. The Morgan fingerprint density at radius 2 is 1.52 bits per heavy atom. The van der Waals surface area contributed by atoms with Crippen LogP contribution in [-0.2, 0) is 15.6 Å². The van der Waals surface area contributed by atoms with Crippen LogP contribution in [0.1, 0.15) is 56.1 Å². The van der Waals surface area contributed by atoms with Gasteiger partial charge in [0.25, 0.3) is 0 Å². The van der Waals surface area contributed by atoms with Gasteiger partial charge in [-0.25, -0.2) is 9.97 Å². The lowest BCUT2D eigenvalue weighted by Gasteiger charge is -2.41. The van der Waals surface area contributed by atoms with Crippen molar-refractivity contribution in [1.29, 1.82) is 0 Å². The molecular formula is C19H21N2O2-. The van der Waals surface area contributed by atoms with Crippen molar-refractivity contribution >= 4 is 17.0 Å². The van der Waals surface area contributed by atoms with Crippen molar-refractivity contribution in [2.45, 2.75) is 58.3 Å². The van der Waals surface area contributed by atoms with E-state index in [1.165, 1.54) is 5.56 Å². The molecule has 0 spiro atoms. The highest BCUT2D eigenvalue weighted by Gasteiger charge is 2.70. The molecule has 1 aromatic heterocycles. The second-order valence-corrected chi connectivity index (χ2v) is 8.00. The Bertz CT molecular complexity index is 887. The van der Waals surface area contributed by atoms with E-state index in [1.54, 1.807) is 0 Å². The molecule has 2 aromatic rings. The predicted molar refractivity (Wildman–Crippen MR) is 86.1 cm³/mol. The lowest BCUT2D eigenvalue weighted by molar-refractivity contribution is -0.317. The molecule has 0 N–H and O–H groups in total. The molecule has 2 aliphatic rings. The van der Waals surface area contributed by atoms with Gasteiger partial charge in [-0.1, -0.05) is 20.8 Å². The Hall–Kier alpha value is -1.97. The second-order valence-electron chi connectivity index (χ2n) is 8.00. The number of aliphatic carboxylic acids is 1. The Morgan fingerprint density at radius 1 is 1.00 bits per heavy atom. The summed E-state index contributed by atoms with van der Waals surface area (Å²) in [5.74, 6) is -1.01. The van der Waals surface area contributed by atoms with E-state index >= 15 is 0 Å². The molecule has 1 aromatic carbocycles. The van der Waals surface area contributed by atoms with Gasteiger partial charge in [0.05, 0.1) is 33.8 Å². The number of hydrogen-bond donors (Lipinski definition) is 0. The zero-order chi connectivity index (χ0) is 16.8. The number of carbonyl (C=O) groups is 1. The summed E-state index contributed by atoms with van der Waals surface area (Å²) >= 11 is 0. The van der Waals surface area contributed by atoms with E-state index in [1.807, 2.05) is 32.9 Å². The molecule has 1 heterocycles. The third-order valence-corrected chi connectivity index (χ3v) is 7.00. The second kappa shape index (κ2) is 3.92. The van der Waals surface area contributed by atoms with Gasteiger partial charge >= 0.3 is 0 Å². The minimum absolute atomic E-state index is 0.275. The molecule has 1 saturated carbocycles. The van der Waals surface area contributed by atoms with Crippen LogP contribution in [0.5, 0.6) is 0 Å². The highest BCUT2D eigenvalue weighted by atomic mass is 16.4. The first-order chi connectivity index (χ1) is 10.6. The van der Waals surface area contributed by atoms with Gasteiger partial charge < -0.3 is 9.90 Å². The van der Waals surface area contributed by atoms with Crippen LogP contribution in [0.25, 0.3) is 11.0 Å². The maximum absolute atomic E-state index is 12.2. The van der Waals surface area contributed by atoms with Crippen molar-refractivity contribution in [2.24, 2.45) is 5.41 Å². The van der Waals surface area contributed by atoms with Crippen molar-refractivity contribution in [3.05, 3.63) is 34.6 Å². The van der Waals surface area contributed by atoms with Gasteiger partial charge in [0.2, 0.25) is 0 Å². The smallest absolute Gasteiger partial charge is 0.0893 e. The molecule has 120 valence electrons. The van der Waals surface area contributed by atoms with Crippen molar-refractivity contribution in [1.82, 2.24) is 9.97 Å². The number of carboxylic acid groups (broad SMARTS) is 1. The summed E-state index contributed by atoms with van der Waals surface area (Å²) in [4.78, 5) is 21.9. The van der Waals surface area contributed by atoms with Gasteiger partial charge in [-0.15, -0.1) is 0 Å². The third-order valence-electron chi connectivity index (χ3n) is 7.00.